The monoisotopic (exact) mass is 418 g/mol. The zero-order valence-corrected chi connectivity index (χ0v) is 15.8. The summed E-state index contributed by atoms with van der Waals surface area (Å²) in [5.74, 6) is 0.433. The molecule has 3 heterocycles. The lowest BCUT2D eigenvalue weighted by atomic mass is 10.2. The second kappa shape index (κ2) is 7.91. The van der Waals surface area contributed by atoms with Crippen molar-refractivity contribution in [3.8, 4) is 22.8 Å². The van der Waals surface area contributed by atoms with Gasteiger partial charge in [0.15, 0.2) is 10.9 Å². The van der Waals surface area contributed by atoms with Crippen LogP contribution in [0.5, 0.6) is 0 Å². The van der Waals surface area contributed by atoms with Gasteiger partial charge in [0.25, 0.3) is 0 Å². The predicted molar refractivity (Wildman–Crippen MR) is 101 cm³/mol. The highest BCUT2D eigenvalue weighted by molar-refractivity contribution is 7.14. The molecule has 0 spiro atoms. The van der Waals surface area contributed by atoms with Crippen molar-refractivity contribution < 1.29 is 18.1 Å². The van der Waals surface area contributed by atoms with Crippen molar-refractivity contribution in [3.63, 3.8) is 0 Å². The minimum Gasteiger partial charge on any atom is -0.461 e. The molecule has 28 heavy (non-hydrogen) atoms. The summed E-state index contributed by atoms with van der Waals surface area (Å²) in [4.78, 5) is 20.7. The third-order valence-corrected chi connectivity index (χ3v) is 4.79. The van der Waals surface area contributed by atoms with Crippen LogP contribution in [0.2, 0.25) is 5.02 Å². The third kappa shape index (κ3) is 4.10. The number of furan rings is 1. The molecular weight excluding hydrogens is 407 g/mol. The Morgan fingerprint density at radius 3 is 2.96 bits per heavy atom. The van der Waals surface area contributed by atoms with E-state index in [0.717, 1.165) is 0 Å². The van der Waals surface area contributed by atoms with Crippen LogP contribution in [0.25, 0.3) is 22.8 Å². The lowest BCUT2D eigenvalue weighted by Crippen LogP contribution is -2.12. The number of rotatable bonds is 6. The van der Waals surface area contributed by atoms with Gasteiger partial charge in [-0.2, -0.15) is 4.98 Å². The molecule has 0 saturated carbocycles. The molecule has 4 rings (SSSR count). The molecule has 7 nitrogen and oxygen atoms in total. The van der Waals surface area contributed by atoms with Crippen molar-refractivity contribution in [2.75, 3.05) is 5.32 Å². The third-order valence-electron chi connectivity index (χ3n) is 3.74. The summed E-state index contributed by atoms with van der Waals surface area (Å²) >= 11 is 7.06. The number of thiazole rings is 1. The number of halogens is 2. The molecule has 0 fully saturated rings. The highest BCUT2D eigenvalue weighted by Crippen LogP contribution is 2.28. The molecular formula is C18H12ClFN4O3S. The zero-order chi connectivity index (χ0) is 19.5. The number of benzene rings is 1. The number of amides is 1. The van der Waals surface area contributed by atoms with Gasteiger partial charge in [-0.15, -0.1) is 11.3 Å². The Balaban J connectivity index is 1.34. The molecule has 0 atom stereocenters. The standard InChI is InChI=1S/C18H12ClFN4O3S/c19-11-8-10(3-4-12(11)20)13-9-28-18(21-13)22-15(25)5-6-16-23-17(24-27-16)14-2-1-7-26-14/h1-4,7-9H,5-6H2,(H,21,22,25). The van der Waals surface area contributed by atoms with Gasteiger partial charge in [-0.1, -0.05) is 16.8 Å². The van der Waals surface area contributed by atoms with Crippen LogP contribution < -0.4 is 5.32 Å². The van der Waals surface area contributed by atoms with Crippen LogP contribution in [0, 0.1) is 5.82 Å². The van der Waals surface area contributed by atoms with Crippen LogP contribution in [-0.4, -0.2) is 21.0 Å². The van der Waals surface area contributed by atoms with E-state index in [0.29, 0.717) is 33.9 Å². The van der Waals surface area contributed by atoms with Crippen molar-refractivity contribution in [3.05, 3.63) is 58.7 Å². The first-order valence-corrected chi connectivity index (χ1v) is 9.41. The van der Waals surface area contributed by atoms with Crippen molar-refractivity contribution in [1.29, 1.82) is 0 Å². The number of hydrogen-bond donors (Lipinski definition) is 1. The van der Waals surface area contributed by atoms with Crippen molar-refractivity contribution in [2.24, 2.45) is 0 Å². The molecule has 0 aliphatic rings. The summed E-state index contributed by atoms with van der Waals surface area (Å²) < 4.78 is 23.6. The minimum atomic E-state index is -0.495. The minimum absolute atomic E-state index is 0.0181. The van der Waals surface area contributed by atoms with Crippen LogP contribution in [0.3, 0.4) is 0 Å². The van der Waals surface area contributed by atoms with Crippen LogP contribution in [0.15, 0.2) is 50.9 Å². The molecule has 0 aliphatic heterocycles. The van der Waals surface area contributed by atoms with Crippen LogP contribution >= 0.6 is 22.9 Å². The van der Waals surface area contributed by atoms with Gasteiger partial charge in [0.2, 0.25) is 17.6 Å². The lowest BCUT2D eigenvalue weighted by Gasteiger charge is -2.00. The molecule has 0 radical (unpaired) electrons. The number of carbonyl (C=O) groups excluding carboxylic acids is 1. The van der Waals surface area contributed by atoms with Gasteiger partial charge < -0.3 is 14.3 Å². The first kappa shape index (κ1) is 18.3. The maximum atomic E-state index is 13.3. The van der Waals surface area contributed by atoms with E-state index in [9.17, 15) is 9.18 Å². The number of nitrogens with zero attached hydrogens (tertiary/aromatic N) is 3. The summed E-state index contributed by atoms with van der Waals surface area (Å²) in [6.07, 6.45) is 1.95. The Labute approximate surface area is 167 Å². The number of anilines is 1. The van der Waals surface area contributed by atoms with E-state index in [1.807, 2.05) is 0 Å². The molecule has 0 aliphatic carbocycles. The maximum Gasteiger partial charge on any atom is 0.238 e. The van der Waals surface area contributed by atoms with Gasteiger partial charge in [0.1, 0.15) is 5.82 Å². The Kier molecular flexibility index (Phi) is 5.18. The van der Waals surface area contributed by atoms with Crippen LogP contribution in [0.1, 0.15) is 12.3 Å². The fraction of sp³-hybridized carbons (Fsp3) is 0.111. The Bertz CT molecular complexity index is 1110. The number of aromatic nitrogens is 3. The van der Waals surface area contributed by atoms with E-state index in [1.54, 1.807) is 23.6 Å². The quantitative estimate of drug-likeness (QED) is 0.482. The first-order chi connectivity index (χ1) is 13.6. The number of aryl methyl sites for hydroxylation is 1. The van der Waals surface area contributed by atoms with E-state index >= 15 is 0 Å². The van der Waals surface area contributed by atoms with Crippen molar-refractivity contribution in [2.45, 2.75) is 12.8 Å². The van der Waals surface area contributed by atoms with Crippen LogP contribution in [-0.2, 0) is 11.2 Å². The predicted octanol–water partition coefficient (Wildman–Crippen LogP) is 4.82. The zero-order valence-electron chi connectivity index (χ0n) is 14.2. The molecule has 10 heteroatoms. The largest absolute Gasteiger partial charge is 0.461 e. The number of carbonyl (C=O) groups is 1. The molecule has 0 unspecified atom stereocenters. The van der Waals surface area contributed by atoms with Gasteiger partial charge in [-0.05, 0) is 30.3 Å². The second-order valence-electron chi connectivity index (χ2n) is 5.70. The summed E-state index contributed by atoms with van der Waals surface area (Å²) in [5, 5.41) is 8.73. The number of hydrogen-bond acceptors (Lipinski definition) is 7. The average Bonchev–Trinajstić information content (AvgIpc) is 3.43. The van der Waals surface area contributed by atoms with Gasteiger partial charge in [-0.25, -0.2) is 9.37 Å². The van der Waals surface area contributed by atoms with Gasteiger partial charge in [0, 0.05) is 23.8 Å². The van der Waals surface area contributed by atoms with Crippen molar-refractivity contribution >= 4 is 34.0 Å². The fourth-order valence-corrected chi connectivity index (χ4v) is 3.30. The van der Waals surface area contributed by atoms with E-state index in [-0.39, 0.29) is 23.8 Å². The molecule has 0 saturated heterocycles. The summed E-state index contributed by atoms with van der Waals surface area (Å²) in [6, 6.07) is 7.78. The molecule has 3 aromatic heterocycles. The topological polar surface area (TPSA) is 94.0 Å². The SMILES string of the molecule is O=C(CCc1nc(-c2ccco2)no1)Nc1nc(-c2ccc(F)c(Cl)c2)cs1. The molecule has 0 bridgehead atoms. The van der Waals surface area contributed by atoms with Gasteiger partial charge in [0.05, 0.1) is 17.0 Å². The highest BCUT2D eigenvalue weighted by Gasteiger charge is 2.14. The smallest absolute Gasteiger partial charge is 0.238 e. The Hall–Kier alpha value is -3.04. The Morgan fingerprint density at radius 1 is 1.29 bits per heavy atom. The fourth-order valence-electron chi connectivity index (χ4n) is 2.38. The van der Waals surface area contributed by atoms with Crippen LogP contribution in [0.4, 0.5) is 9.52 Å². The van der Waals surface area contributed by atoms with Gasteiger partial charge in [-0.3, -0.25) is 4.79 Å². The summed E-state index contributed by atoms with van der Waals surface area (Å²) in [6.45, 7) is 0. The van der Waals surface area contributed by atoms with E-state index in [1.165, 1.54) is 29.7 Å². The van der Waals surface area contributed by atoms with Crippen molar-refractivity contribution in [1.82, 2.24) is 15.1 Å². The second-order valence-corrected chi connectivity index (χ2v) is 6.97. The molecule has 4 aromatic rings. The molecule has 1 amide bonds. The molecule has 1 aromatic carbocycles. The maximum absolute atomic E-state index is 13.3. The molecule has 142 valence electrons. The first-order valence-electron chi connectivity index (χ1n) is 8.16. The average molecular weight is 419 g/mol. The normalized spacial score (nSPS) is 10.9. The van der Waals surface area contributed by atoms with E-state index in [2.05, 4.69) is 20.4 Å². The highest BCUT2D eigenvalue weighted by atomic mass is 35.5. The molecule has 1 N–H and O–H groups in total. The number of nitrogens with one attached hydrogen (secondary N) is 1. The summed E-state index contributed by atoms with van der Waals surface area (Å²) in [5.41, 5.74) is 1.27. The Morgan fingerprint density at radius 2 is 2.18 bits per heavy atom. The van der Waals surface area contributed by atoms with E-state index < -0.39 is 5.82 Å². The van der Waals surface area contributed by atoms with Gasteiger partial charge >= 0.3 is 0 Å². The van der Waals surface area contributed by atoms with E-state index in [4.69, 9.17) is 20.5 Å². The lowest BCUT2D eigenvalue weighted by molar-refractivity contribution is -0.116. The summed E-state index contributed by atoms with van der Waals surface area (Å²) in [7, 11) is 0.